The Morgan fingerprint density at radius 2 is 2.62 bits per heavy atom. The summed E-state index contributed by atoms with van der Waals surface area (Å²) in [6.07, 6.45) is 4.23. The highest BCUT2D eigenvalue weighted by atomic mass is 16.3. The number of nitrogens with one attached hydrogen (secondary N) is 1. The molecule has 0 aliphatic carbocycles. The zero-order chi connectivity index (χ0) is 9.26. The summed E-state index contributed by atoms with van der Waals surface area (Å²) >= 11 is 0. The maximum Gasteiger partial charge on any atom is 0.102 e. The zero-order valence-electron chi connectivity index (χ0n) is 7.77. The molecule has 1 unspecified atom stereocenters. The van der Waals surface area contributed by atoms with E-state index in [-0.39, 0.29) is 0 Å². The van der Waals surface area contributed by atoms with Crippen molar-refractivity contribution in [3.63, 3.8) is 0 Å². The highest BCUT2D eigenvalue weighted by Crippen LogP contribution is 2.24. The van der Waals surface area contributed by atoms with Crippen molar-refractivity contribution in [2.45, 2.75) is 12.5 Å². The van der Waals surface area contributed by atoms with Gasteiger partial charge in [0.15, 0.2) is 0 Å². The largest absolute Gasteiger partial charge is 0.386 e. The lowest BCUT2D eigenvalue weighted by Gasteiger charge is -2.14. The normalized spacial score (nSPS) is 24.9. The number of aromatic nitrogens is 2. The SMILES string of the molecule is Cn1cnc(C(O)[C@@H]2CCNC2)c1. The highest BCUT2D eigenvalue weighted by molar-refractivity contribution is 5.03. The van der Waals surface area contributed by atoms with Gasteiger partial charge in [0.25, 0.3) is 0 Å². The summed E-state index contributed by atoms with van der Waals surface area (Å²) in [5.41, 5.74) is 0.788. The van der Waals surface area contributed by atoms with Gasteiger partial charge in [0.2, 0.25) is 0 Å². The second kappa shape index (κ2) is 3.47. The van der Waals surface area contributed by atoms with Crippen LogP contribution in [0.15, 0.2) is 12.5 Å². The fourth-order valence-electron chi connectivity index (χ4n) is 1.77. The molecule has 1 aromatic rings. The molecule has 4 nitrogen and oxygen atoms in total. The van der Waals surface area contributed by atoms with Crippen molar-refractivity contribution in [3.05, 3.63) is 18.2 Å². The third-order valence-electron chi connectivity index (χ3n) is 2.57. The van der Waals surface area contributed by atoms with Gasteiger partial charge < -0.3 is 15.0 Å². The summed E-state index contributed by atoms with van der Waals surface area (Å²) in [5, 5.41) is 13.2. The molecule has 0 amide bonds. The average Bonchev–Trinajstić information content (AvgIpc) is 2.72. The molecule has 1 aliphatic rings. The number of rotatable bonds is 2. The molecule has 1 saturated heterocycles. The second-order valence-corrected chi connectivity index (χ2v) is 3.66. The maximum absolute atomic E-state index is 9.92. The molecule has 2 atom stereocenters. The van der Waals surface area contributed by atoms with E-state index in [9.17, 15) is 5.11 Å². The first-order chi connectivity index (χ1) is 6.27. The number of hydrogen-bond acceptors (Lipinski definition) is 3. The van der Waals surface area contributed by atoms with E-state index >= 15 is 0 Å². The van der Waals surface area contributed by atoms with Crippen molar-refractivity contribution in [2.24, 2.45) is 13.0 Å². The van der Waals surface area contributed by atoms with Crippen LogP contribution in [0.5, 0.6) is 0 Å². The number of nitrogens with zero attached hydrogens (tertiary/aromatic N) is 2. The Balaban J connectivity index is 2.07. The molecule has 1 aliphatic heterocycles. The summed E-state index contributed by atoms with van der Waals surface area (Å²) in [6, 6.07) is 0. The molecular weight excluding hydrogens is 166 g/mol. The standard InChI is InChI=1S/C9H15N3O/c1-12-5-8(11-6-12)9(13)7-2-3-10-4-7/h5-7,9-10,13H,2-4H2,1H3/t7-,9?/m1/s1. The van der Waals surface area contributed by atoms with Gasteiger partial charge in [-0.3, -0.25) is 0 Å². The molecule has 2 N–H and O–H groups in total. The number of aliphatic hydroxyl groups excluding tert-OH is 1. The predicted molar refractivity (Wildman–Crippen MR) is 49.1 cm³/mol. The van der Waals surface area contributed by atoms with Crippen LogP contribution < -0.4 is 5.32 Å². The van der Waals surface area contributed by atoms with E-state index in [1.807, 2.05) is 17.8 Å². The van der Waals surface area contributed by atoms with Crippen LogP contribution >= 0.6 is 0 Å². The third kappa shape index (κ3) is 1.73. The second-order valence-electron chi connectivity index (χ2n) is 3.66. The highest BCUT2D eigenvalue weighted by Gasteiger charge is 2.25. The van der Waals surface area contributed by atoms with E-state index in [1.54, 1.807) is 6.33 Å². The molecule has 1 fully saturated rings. The maximum atomic E-state index is 9.92. The minimum Gasteiger partial charge on any atom is -0.386 e. The molecular formula is C9H15N3O. The van der Waals surface area contributed by atoms with Crippen molar-refractivity contribution in [1.29, 1.82) is 0 Å². The summed E-state index contributed by atoms with van der Waals surface area (Å²) in [4.78, 5) is 4.15. The van der Waals surface area contributed by atoms with Crippen molar-refractivity contribution in [1.82, 2.24) is 14.9 Å². The fraction of sp³-hybridized carbons (Fsp3) is 0.667. The lowest BCUT2D eigenvalue weighted by atomic mass is 10.00. The minimum absolute atomic E-state index is 0.329. The van der Waals surface area contributed by atoms with Crippen LogP contribution in [-0.4, -0.2) is 27.7 Å². The van der Waals surface area contributed by atoms with E-state index in [1.165, 1.54) is 0 Å². The average molecular weight is 181 g/mol. The van der Waals surface area contributed by atoms with Crippen LogP contribution in [0.3, 0.4) is 0 Å². The topological polar surface area (TPSA) is 50.1 Å². The smallest absolute Gasteiger partial charge is 0.102 e. The Kier molecular flexibility index (Phi) is 2.33. The van der Waals surface area contributed by atoms with E-state index in [0.29, 0.717) is 5.92 Å². The zero-order valence-corrected chi connectivity index (χ0v) is 7.77. The Morgan fingerprint density at radius 1 is 1.77 bits per heavy atom. The van der Waals surface area contributed by atoms with E-state index in [2.05, 4.69) is 10.3 Å². The van der Waals surface area contributed by atoms with E-state index in [4.69, 9.17) is 0 Å². The van der Waals surface area contributed by atoms with Crippen molar-refractivity contribution in [3.8, 4) is 0 Å². The first-order valence-corrected chi connectivity index (χ1v) is 4.64. The molecule has 1 aromatic heterocycles. The van der Waals surface area contributed by atoms with Crippen molar-refractivity contribution in [2.75, 3.05) is 13.1 Å². The molecule has 0 aromatic carbocycles. The number of aliphatic hydroxyl groups is 1. The number of aryl methyl sites for hydroxylation is 1. The molecule has 0 radical (unpaired) electrons. The summed E-state index contributed by atoms with van der Waals surface area (Å²) in [5.74, 6) is 0.329. The van der Waals surface area contributed by atoms with Crippen LogP contribution in [0.2, 0.25) is 0 Å². The first-order valence-electron chi connectivity index (χ1n) is 4.64. The summed E-state index contributed by atoms with van der Waals surface area (Å²) in [6.45, 7) is 1.91. The van der Waals surface area contributed by atoms with Gasteiger partial charge in [-0.05, 0) is 13.0 Å². The molecule has 4 heteroatoms. The molecule has 2 rings (SSSR count). The minimum atomic E-state index is -0.406. The van der Waals surface area contributed by atoms with Crippen LogP contribution in [-0.2, 0) is 7.05 Å². The van der Waals surface area contributed by atoms with Gasteiger partial charge in [-0.1, -0.05) is 0 Å². The van der Waals surface area contributed by atoms with E-state index in [0.717, 1.165) is 25.2 Å². The van der Waals surface area contributed by atoms with Gasteiger partial charge in [0, 0.05) is 25.7 Å². The quantitative estimate of drug-likeness (QED) is 0.678. The predicted octanol–water partition coefficient (Wildman–Crippen LogP) is 0.0630. The lowest BCUT2D eigenvalue weighted by Crippen LogP contribution is -2.16. The van der Waals surface area contributed by atoms with Gasteiger partial charge in [-0.25, -0.2) is 4.98 Å². The van der Waals surface area contributed by atoms with E-state index < -0.39 is 6.10 Å². The molecule has 0 spiro atoms. The fourth-order valence-corrected chi connectivity index (χ4v) is 1.77. The number of imidazole rings is 1. The Labute approximate surface area is 77.6 Å². The Hall–Kier alpha value is -0.870. The van der Waals surface area contributed by atoms with Crippen LogP contribution in [0, 0.1) is 5.92 Å². The van der Waals surface area contributed by atoms with Crippen molar-refractivity contribution < 1.29 is 5.11 Å². The first kappa shape index (κ1) is 8.72. The van der Waals surface area contributed by atoms with Crippen LogP contribution in [0.4, 0.5) is 0 Å². The molecule has 2 heterocycles. The van der Waals surface area contributed by atoms with Crippen molar-refractivity contribution >= 4 is 0 Å². The van der Waals surface area contributed by atoms with Crippen LogP contribution in [0.25, 0.3) is 0 Å². The van der Waals surface area contributed by atoms with Gasteiger partial charge in [-0.15, -0.1) is 0 Å². The Bertz CT molecular complexity index is 278. The van der Waals surface area contributed by atoms with Gasteiger partial charge in [-0.2, -0.15) is 0 Å². The van der Waals surface area contributed by atoms with Gasteiger partial charge in [0.05, 0.1) is 12.0 Å². The molecule has 0 saturated carbocycles. The molecule has 13 heavy (non-hydrogen) atoms. The molecule has 0 bridgehead atoms. The van der Waals surface area contributed by atoms with Crippen LogP contribution in [0.1, 0.15) is 18.2 Å². The third-order valence-corrected chi connectivity index (χ3v) is 2.57. The summed E-state index contributed by atoms with van der Waals surface area (Å²) < 4.78 is 1.86. The lowest BCUT2D eigenvalue weighted by molar-refractivity contribution is 0.114. The Morgan fingerprint density at radius 3 is 3.15 bits per heavy atom. The number of hydrogen-bond donors (Lipinski definition) is 2. The van der Waals surface area contributed by atoms with Gasteiger partial charge in [0.1, 0.15) is 6.10 Å². The summed E-state index contributed by atoms with van der Waals surface area (Å²) in [7, 11) is 1.91. The van der Waals surface area contributed by atoms with Gasteiger partial charge >= 0.3 is 0 Å². The molecule has 72 valence electrons. The monoisotopic (exact) mass is 181 g/mol.